The minimum Gasteiger partial charge on any atom is -0.295 e. The van der Waals surface area contributed by atoms with Crippen LogP contribution in [-0.4, -0.2) is 26.6 Å². The molecule has 0 radical (unpaired) electrons. The number of carbonyl (C=O) groups is 2. The van der Waals surface area contributed by atoms with E-state index in [1.807, 2.05) is 19.1 Å². The van der Waals surface area contributed by atoms with Gasteiger partial charge in [0.1, 0.15) is 0 Å². The normalized spacial score (nSPS) is 16.6. The van der Waals surface area contributed by atoms with Crippen LogP contribution in [0.4, 0.5) is 11.9 Å². The first-order valence-electron chi connectivity index (χ1n) is 7.38. The number of hydrogen-bond acceptors (Lipinski definition) is 4. The number of fused-ring (bicyclic) bond motifs is 1. The molecule has 0 saturated carbocycles. The zero-order valence-electron chi connectivity index (χ0n) is 12.5. The van der Waals surface area contributed by atoms with E-state index >= 15 is 0 Å². The second-order valence-corrected chi connectivity index (χ2v) is 5.76. The van der Waals surface area contributed by atoms with Crippen molar-refractivity contribution in [1.82, 2.24) is 14.8 Å². The van der Waals surface area contributed by atoms with Crippen molar-refractivity contribution < 1.29 is 9.59 Å². The molecule has 1 atom stereocenters. The Morgan fingerprint density at radius 1 is 1.43 bits per heavy atom. The molecule has 8 heteroatoms. The van der Waals surface area contributed by atoms with Gasteiger partial charge in [0.15, 0.2) is 0 Å². The fraction of sp³-hybridized carbons (Fsp3) is 0.333. The molecule has 2 aromatic rings. The molecule has 1 aliphatic heterocycles. The van der Waals surface area contributed by atoms with Crippen molar-refractivity contribution in [3.63, 3.8) is 0 Å². The summed E-state index contributed by atoms with van der Waals surface area (Å²) in [6.45, 7) is 1.92. The van der Waals surface area contributed by atoms with E-state index < -0.39 is 0 Å². The average Bonchev–Trinajstić information content (AvgIpc) is 2.89. The molecule has 0 fully saturated rings. The lowest BCUT2D eigenvalue weighted by Crippen LogP contribution is -2.29. The highest BCUT2D eigenvalue weighted by molar-refractivity contribution is 6.30. The zero-order valence-corrected chi connectivity index (χ0v) is 13.3. The molecule has 2 heterocycles. The maximum Gasteiger partial charge on any atom is 0.250 e. The van der Waals surface area contributed by atoms with Crippen LogP contribution in [0.5, 0.6) is 0 Å². The van der Waals surface area contributed by atoms with Gasteiger partial charge in [0.2, 0.25) is 17.8 Å². The Labute approximate surface area is 138 Å². The van der Waals surface area contributed by atoms with Crippen molar-refractivity contribution in [2.45, 2.75) is 32.2 Å². The Hall–Kier alpha value is -2.41. The molecule has 0 unspecified atom stereocenters. The van der Waals surface area contributed by atoms with Crippen LogP contribution in [0.15, 0.2) is 24.3 Å². The summed E-state index contributed by atoms with van der Waals surface area (Å²) in [6, 6.07) is 6.97. The van der Waals surface area contributed by atoms with Crippen LogP contribution in [0.25, 0.3) is 0 Å². The van der Waals surface area contributed by atoms with Crippen LogP contribution in [0.1, 0.15) is 37.8 Å². The smallest absolute Gasteiger partial charge is 0.250 e. The van der Waals surface area contributed by atoms with E-state index in [1.165, 1.54) is 0 Å². The first-order valence-corrected chi connectivity index (χ1v) is 7.76. The molecule has 2 amide bonds. The highest BCUT2D eigenvalue weighted by atomic mass is 35.5. The second-order valence-electron chi connectivity index (χ2n) is 5.32. The Bertz CT molecular complexity index is 741. The summed E-state index contributed by atoms with van der Waals surface area (Å²) in [7, 11) is 0. The third kappa shape index (κ3) is 3.34. The maximum atomic E-state index is 11.9. The van der Waals surface area contributed by atoms with Crippen molar-refractivity contribution in [2.24, 2.45) is 0 Å². The predicted octanol–water partition coefficient (Wildman–Crippen LogP) is 2.60. The molecular weight excluding hydrogens is 318 g/mol. The number of benzene rings is 1. The number of rotatable bonds is 4. The van der Waals surface area contributed by atoms with E-state index in [4.69, 9.17) is 11.6 Å². The van der Waals surface area contributed by atoms with Crippen molar-refractivity contribution >= 4 is 35.3 Å². The van der Waals surface area contributed by atoms with Crippen molar-refractivity contribution in [1.29, 1.82) is 0 Å². The maximum absolute atomic E-state index is 11.9. The molecule has 0 aliphatic carbocycles. The molecule has 0 saturated heterocycles. The highest BCUT2D eigenvalue weighted by Crippen LogP contribution is 2.30. The third-order valence-electron chi connectivity index (χ3n) is 3.54. The fourth-order valence-corrected chi connectivity index (χ4v) is 2.60. The first kappa shape index (κ1) is 15.5. The van der Waals surface area contributed by atoms with Gasteiger partial charge < -0.3 is 0 Å². The average molecular weight is 334 g/mol. The molecule has 3 rings (SSSR count). The zero-order chi connectivity index (χ0) is 16.4. The van der Waals surface area contributed by atoms with E-state index in [-0.39, 0.29) is 30.2 Å². The molecule has 1 aliphatic rings. The van der Waals surface area contributed by atoms with E-state index in [2.05, 4.69) is 20.7 Å². The quantitative estimate of drug-likeness (QED) is 0.900. The molecular formula is C15H16ClN5O2. The van der Waals surface area contributed by atoms with Crippen molar-refractivity contribution in [2.75, 3.05) is 10.6 Å². The van der Waals surface area contributed by atoms with Crippen LogP contribution in [-0.2, 0) is 9.59 Å². The Kier molecular flexibility index (Phi) is 4.29. The number of carbonyl (C=O) groups excluding carboxylic acids is 2. The topological polar surface area (TPSA) is 88.9 Å². The predicted molar refractivity (Wildman–Crippen MR) is 86.4 cm³/mol. The van der Waals surface area contributed by atoms with Gasteiger partial charge in [-0.05, 0) is 24.1 Å². The SMILES string of the molecule is CCCC(=O)Nc1nc2n(n1)[C@H](c1ccc(Cl)cc1)CC(=O)N2. The van der Waals surface area contributed by atoms with E-state index in [9.17, 15) is 9.59 Å². The van der Waals surface area contributed by atoms with Gasteiger partial charge in [-0.25, -0.2) is 4.68 Å². The third-order valence-corrected chi connectivity index (χ3v) is 3.79. The summed E-state index contributed by atoms with van der Waals surface area (Å²) in [6.07, 6.45) is 1.39. The standard InChI is InChI=1S/C15H16ClN5O2/c1-2-3-12(22)17-14-19-15-18-13(23)8-11(21(15)20-14)9-4-6-10(16)7-5-9/h4-7,11H,2-3,8H2,1H3,(H2,17,18,19,20,22,23)/t11-/m0/s1. The molecule has 2 N–H and O–H groups in total. The summed E-state index contributed by atoms with van der Waals surface area (Å²) in [5.74, 6) is 0.230. The number of nitrogens with one attached hydrogen (secondary N) is 2. The molecule has 7 nitrogen and oxygen atoms in total. The van der Waals surface area contributed by atoms with Gasteiger partial charge in [0.05, 0.1) is 12.5 Å². The lowest BCUT2D eigenvalue weighted by molar-refractivity contribution is -0.117. The lowest BCUT2D eigenvalue weighted by Gasteiger charge is -2.23. The van der Waals surface area contributed by atoms with Crippen LogP contribution in [0, 0.1) is 0 Å². The highest BCUT2D eigenvalue weighted by Gasteiger charge is 2.29. The number of halogens is 1. The van der Waals surface area contributed by atoms with E-state index in [0.717, 1.165) is 12.0 Å². The number of amides is 2. The second kappa shape index (κ2) is 6.37. The van der Waals surface area contributed by atoms with Gasteiger partial charge in [-0.1, -0.05) is 30.7 Å². The van der Waals surface area contributed by atoms with Crippen molar-refractivity contribution in [3.05, 3.63) is 34.9 Å². The van der Waals surface area contributed by atoms with Gasteiger partial charge in [-0.2, -0.15) is 4.98 Å². The number of hydrogen-bond donors (Lipinski definition) is 2. The van der Waals surface area contributed by atoms with Crippen molar-refractivity contribution in [3.8, 4) is 0 Å². The van der Waals surface area contributed by atoms with Crippen LogP contribution >= 0.6 is 11.6 Å². The van der Waals surface area contributed by atoms with E-state index in [0.29, 0.717) is 17.4 Å². The summed E-state index contributed by atoms with van der Waals surface area (Å²) < 4.78 is 1.62. The van der Waals surface area contributed by atoms with Gasteiger partial charge in [0, 0.05) is 11.4 Å². The molecule has 120 valence electrons. The molecule has 1 aromatic heterocycles. The van der Waals surface area contributed by atoms with Gasteiger partial charge in [-0.3, -0.25) is 20.2 Å². The van der Waals surface area contributed by atoms with E-state index in [1.54, 1.807) is 16.8 Å². The largest absolute Gasteiger partial charge is 0.295 e. The van der Waals surface area contributed by atoms with Crippen LogP contribution < -0.4 is 10.6 Å². The summed E-state index contributed by atoms with van der Waals surface area (Å²) in [5.41, 5.74) is 0.904. The van der Waals surface area contributed by atoms with Gasteiger partial charge >= 0.3 is 0 Å². The van der Waals surface area contributed by atoms with Gasteiger partial charge in [0.25, 0.3) is 5.95 Å². The Morgan fingerprint density at radius 2 is 2.17 bits per heavy atom. The van der Waals surface area contributed by atoms with Gasteiger partial charge in [-0.15, -0.1) is 5.10 Å². The minimum atomic E-state index is -0.277. The lowest BCUT2D eigenvalue weighted by atomic mass is 10.0. The first-order chi connectivity index (χ1) is 11.1. The molecule has 0 spiro atoms. The fourth-order valence-electron chi connectivity index (χ4n) is 2.47. The number of nitrogens with zero attached hydrogens (tertiary/aromatic N) is 3. The molecule has 1 aromatic carbocycles. The Morgan fingerprint density at radius 3 is 2.87 bits per heavy atom. The number of anilines is 2. The Balaban J connectivity index is 1.90. The summed E-state index contributed by atoms with van der Waals surface area (Å²) in [4.78, 5) is 27.8. The minimum absolute atomic E-state index is 0.142. The van der Waals surface area contributed by atoms with Crippen LogP contribution in [0.2, 0.25) is 5.02 Å². The summed E-state index contributed by atoms with van der Waals surface area (Å²) >= 11 is 5.91. The molecule has 23 heavy (non-hydrogen) atoms. The number of aromatic nitrogens is 3. The monoisotopic (exact) mass is 333 g/mol. The van der Waals surface area contributed by atoms with Crippen LogP contribution in [0.3, 0.4) is 0 Å². The summed E-state index contributed by atoms with van der Waals surface area (Å²) in [5, 5.41) is 10.3. The molecule has 0 bridgehead atoms.